The maximum absolute atomic E-state index is 11.7. The van der Waals surface area contributed by atoms with Crippen LogP contribution in [0, 0.1) is 0 Å². The van der Waals surface area contributed by atoms with Crippen molar-refractivity contribution < 1.29 is 14.7 Å². The van der Waals surface area contributed by atoms with Gasteiger partial charge in [0.15, 0.2) is 0 Å². The quantitative estimate of drug-likeness (QED) is 0.717. The predicted octanol–water partition coefficient (Wildman–Crippen LogP) is -0.0811. The number of carboxylic acids is 1. The van der Waals surface area contributed by atoms with Crippen LogP contribution in [0.5, 0.6) is 0 Å². The average Bonchev–Trinajstić information content (AvgIpc) is 2.66. The second kappa shape index (κ2) is 4.97. The first kappa shape index (κ1) is 12.9. The van der Waals surface area contributed by atoms with E-state index in [1.165, 1.54) is 11.5 Å². The Bertz CT molecular complexity index is 686. The number of amides is 1. The van der Waals surface area contributed by atoms with Gasteiger partial charge in [-0.2, -0.15) is 0 Å². The zero-order valence-electron chi connectivity index (χ0n) is 10.2. The summed E-state index contributed by atoms with van der Waals surface area (Å²) >= 11 is 0. The van der Waals surface area contributed by atoms with Crippen molar-refractivity contribution >= 4 is 22.9 Å². The number of nitrogens with one attached hydrogen (secondary N) is 2. The van der Waals surface area contributed by atoms with E-state index in [1.807, 2.05) is 0 Å². The zero-order chi connectivity index (χ0) is 14.0. The number of carbonyl (C=O) groups is 2. The fourth-order valence-corrected chi connectivity index (χ4v) is 1.76. The van der Waals surface area contributed by atoms with Crippen LogP contribution in [0.2, 0.25) is 0 Å². The summed E-state index contributed by atoms with van der Waals surface area (Å²) in [4.78, 5) is 36.6. The van der Waals surface area contributed by atoms with Gasteiger partial charge in [0.25, 0.3) is 0 Å². The number of aromatic nitrogens is 2. The van der Waals surface area contributed by atoms with E-state index < -0.39 is 23.6 Å². The lowest BCUT2D eigenvalue weighted by Crippen LogP contribution is -2.41. The van der Waals surface area contributed by atoms with Gasteiger partial charge in [-0.25, -0.2) is 4.79 Å². The number of para-hydroxylation sites is 2. The van der Waals surface area contributed by atoms with Gasteiger partial charge >= 0.3 is 11.7 Å². The average molecular weight is 263 g/mol. The van der Waals surface area contributed by atoms with Crippen LogP contribution in [0.15, 0.2) is 29.1 Å². The molecule has 100 valence electrons. The molecule has 0 aliphatic heterocycles. The van der Waals surface area contributed by atoms with Crippen LogP contribution in [-0.2, 0) is 16.1 Å². The van der Waals surface area contributed by atoms with Crippen LogP contribution in [-0.4, -0.2) is 32.6 Å². The number of hydrogen-bond donors (Lipinski definition) is 3. The van der Waals surface area contributed by atoms with Crippen molar-refractivity contribution in [3.63, 3.8) is 0 Å². The van der Waals surface area contributed by atoms with Gasteiger partial charge in [-0.05, 0) is 19.1 Å². The Morgan fingerprint density at radius 2 is 2.11 bits per heavy atom. The third kappa shape index (κ3) is 2.65. The third-order valence-corrected chi connectivity index (χ3v) is 2.73. The Balaban J connectivity index is 2.22. The Hall–Kier alpha value is -2.57. The normalized spacial score (nSPS) is 12.3. The lowest BCUT2D eigenvalue weighted by Gasteiger charge is -2.09. The molecule has 0 aliphatic carbocycles. The van der Waals surface area contributed by atoms with Crippen LogP contribution in [0.4, 0.5) is 0 Å². The fourth-order valence-electron chi connectivity index (χ4n) is 1.76. The van der Waals surface area contributed by atoms with Crippen molar-refractivity contribution in [2.24, 2.45) is 0 Å². The molecule has 3 N–H and O–H groups in total. The van der Waals surface area contributed by atoms with E-state index in [1.54, 1.807) is 24.3 Å². The number of H-pyrrole nitrogens is 1. The first-order chi connectivity index (χ1) is 8.99. The lowest BCUT2D eigenvalue weighted by atomic mass is 10.3. The smallest absolute Gasteiger partial charge is 0.326 e. The van der Waals surface area contributed by atoms with Crippen LogP contribution in [0.3, 0.4) is 0 Å². The minimum atomic E-state index is -1.13. The maximum Gasteiger partial charge on any atom is 0.326 e. The number of carbonyl (C=O) groups excluding carboxylic acids is 1. The molecule has 1 heterocycles. The fraction of sp³-hybridized carbons (Fsp3) is 0.250. The van der Waals surface area contributed by atoms with Crippen LogP contribution in [0.1, 0.15) is 6.92 Å². The summed E-state index contributed by atoms with van der Waals surface area (Å²) in [6, 6.07) is 5.97. The van der Waals surface area contributed by atoms with Crippen LogP contribution >= 0.6 is 0 Å². The van der Waals surface area contributed by atoms with E-state index in [4.69, 9.17) is 5.11 Å². The van der Waals surface area contributed by atoms with Crippen molar-refractivity contribution in [3.05, 3.63) is 34.7 Å². The minimum absolute atomic E-state index is 0.222. The van der Waals surface area contributed by atoms with E-state index >= 15 is 0 Å². The second-order valence-electron chi connectivity index (χ2n) is 4.16. The molecule has 1 amide bonds. The standard InChI is InChI=1S/C12H13N3O4/c1-7(11(17)18)13-10(16)6-15-9-5-3-2-4-8(9)14-12(15)19/h2-5,7H,6H2,1H3,(H,13,16)(H,14,19)(H,17,18)/t7-/m0/s1. The molecule has 7 heteroatoms. The third-order valence-electron chi connectivity index (χ3n) is 2.73. The molecule has 0 unspecified atom stereocenters. The second-order valence-corrected chi connectivity index (χ2v) is 4.16. The van der Waals surface area contributed by atoms with E-state index in [2.05, 4.69) is 10.3 Å². The van der Waals surface area contributed by atoms with Gasteiger partial charge in [-0.3, -0.25) is 14.2 Å². The first-order valence-electron chi connectivity index (χ1n) is 5.69. The van der Waals surface area contributed by atoms with E-state index in [0.29, 0.717) is 11.0 Å². The van der Waals surface area contributed by atoms with Crippen LogP contribution < -0.4 is 11.0 Å². The lowest BCUT2D eigenvalue weighted by molar-refractivity contribution is -0.141. The molecule has 0 fully saturated rings. The van der Waals surface area contributed by atoms with Gasteiger partial charge in [0.2, 0.25) is 5.91 Å². The first-order valence-corrected chi connectivity index (χ1v) is 5.69. The highest BCUT2D eigenvalue weighted by Gasteiger charge is 2.16. The summed E-state index contributed by atoms with van der Waals surface area (Å²) < 4.78 is 1.26. The summed E-state index contributed by atoms with van der Waals surface area (Å²) in [5, 5.41) is 11.0. The highest BCUT2D eigenvalue weighted by molar-refractivity contribution is 5.84. The van der Waals surface area contributed by atoms with Gasteiger partial charge in [0.05, 0.1) is 11.0 Å². The number of fused-ring (bicyclic) bond motifs is 1. The molecule has 19 heavy (non-hydrogen) atoms. The molecule has 0 saturated heterocycles. The highest BCUT2D eigenvalue weighted by Crippen LogP contribution is 2.08. The predicted molar refractivity (Wildman–Crippen MR) is 67.8 cm³/mol. The Morgan fingerprint density at radius 3 is 2.79 bits per heavy atom. The summed E-state index contributed by atoms with van der Waals surface area (Å²) in [6.45, 7) is 1.14. The van der Waals surface area contributed by atoms with Crippen molar-refractivity contribution in [2.75, 3.05) is 0 Å². The topological polar surface area (TPSA) is 104 Å². The number of carboxylic acid groups (broad SMARTS) is 1. The van der Waals surface area contributed by atoms with Crippen LogP contribution in [0.25, 0.3) is 11.0 Å². The molecule has 1 aromatic heterocycles. The van der Waals surface area contributed by atoms with E-state index in [0.717, 1.165) is 0 Å². The number of rotatable bonds is 4. The molecule has 7 nitrogen and oxygen atoms in total. The summed E-state index contributed by atoms with van der Waals surface area (Å²) in [5.74, 6) is -1.65. The maximum atomic E-state index is 11.7. The summed E-state index contributed by atoms with van der Waals surface area (Å²) in [7, 11) is 0. The van der Waals surface area contributed by atoms with Crippen molar-refractivity contribution in [3.8, 4) is 0 Å². The monoisotopic (exact) mass is 263 g/mol. The summed E-state index contributed by atoms with van der Waals surface area (Å²) in [6.07, 6.45) is 0. The molecule has 1 aromatic carbocycles. The van der Waals surface area contributed by atoms with Gasteiger partial charge in [0, 0.05) is 0 Å². The number of aromatic amines is 1. The van der Waals surface area contributed by atoms with Gasteiger partial charge in [-0.1, -0.05) is 12.1 Å². The Morgan fingerprint density at radius 1 is 1.42 bits per heavy atom. The molecule has 0 saturated carbocycles. The number of hydrogen-bond acceptors (Lipinski definition) is 3. The molecule has 0 aliphatic rings. The SMILES string of the molecule is C[C@H](NC(=O)Cn1c(=O)[nH]c2ccccc21)C(=O)O. The minimum Gasteiger partial charge on any atom is -0.480 e. The molecule has 2 aromatic rings. The Kier molecular flexibility index (Phi) is 3.37. The largest absolute Gasteiger partial charge is 0.480 e. The molecule has 0 spiro atoms. The number of nitrogens with zero attached hydrogens (tertiary/aromatic N) is 1. The van der Waals surface area contributed by atoms with Gasteiger partial charge < -0.3 is 15.4 Å². The number of imidazole rings is 1. The molecule has 0 radical (unpaired) electrons. The van der Waals surface area contributed by atoms with Crippen molar-refractivity contribution in [1.29, 1.82) is 0 Å². The Labute approximate surface area is 107 Å². The number of benzene rings is 1. The highest BCUT2D eigenvalue weighted by atomic mass is 16.4. The molecular formula is C12H13N3O4. The van der Waals surface area contributed by atoms with Gasteiger partial charge in [-0.15, -0.1) is 0 Å². The summed E-state index contributed by atoms with van der Waals surface area (Å²) in [5.41, 5.74) is 0.830. The van der Waals surface area contributed by atoms with E-state index in [9.17, 15) is 14.4 Å². The molecule has 1 atom stereocenters. The van der Waals surface area contributed by atoms with Crippen molar-refractivity contribution in [2.45, 2.75) is 19.5 Å². The zero-order valence-corrected chi connectivity index (χ0v) is 10.2. The molecule has 2 rings (SSSR count). The molecule has 0 bridgehead atoms. The van der Waals surface area contributed by atoms with E-state index in [-0.39, 0.29) is 6.54 Å². The van der Waals surface area contributed by atoms with Gasteiger partial charge in [0.1, 0.15) is 12.6 Å². The number of aliphatic carboxylic acids is 1. The molecular weight excluding hydrogens is 250 g/mol. The van der Waals surface area contributed by atoms with Crippen molar-refractivity contribution in [1.82, 2.24) is 14.9 Å².